The fourth-order valence-corrected chi connectivity index (χ4v) is 3.67. The number of H-pyrrole nitrogens is 1. The Labute approximate surface area is 175 Å². The quantitative estimate of drug-likeness (QED) is 0.614. The molecular weight excluding hydrogens is 378 g/mol. The van der Waals surface area contributed by atoms with Crippen molar-refractivity contribution in [3.63, 3.8) is 0 Å². The summed E-state index contributed by atoms with van der Waals surface area (Å²) in [6.45, 7) is 3.48. The van der Waals surface area contributed by atoms with Gasteiger partial charge < -0.3 is 15.2 Å². The van der Waals surface area contributed by atoms with Crippen LogP contribution >= 0.6 is 0 Å². The van der Waals surface area contributed by atoms with Gasteiger partial charge in [0.1, 0.15) is 18.0 Å². The zero-order chi connectivity index (χ0) is 20.8. The number of rotatable bonds is 6. The number of aromatic nitrogens is 5. The number of anilines is 2. The van der Waals surface area contributed by atoms with Gasteiger partial charge in [0.25, 0.3) is 0 Å². The van der Waals surface area contributed by atoms with Crippen molar-refractivity contribution in [1.82, 2.24) is 29.8 Å². The Bertz CT molecular complexity index is 1020. The van der Waals surface area contributed by atoms with E-state index in [0.717, 1.165) is 61.1 Å². The number of hydrogen-bond acceptors (Lipinski definition) is 6. The molecule has 1 amide bonds. The third-order valence-electron chi connectivity index (χ3n) is 5.12. The van der Waals surface area contributed by atoms with Gasteiger partial charge >= 0.3 is 0 Å². The van der Waals surface area contributed by atoms with Crippen LogP contribution in [0, 0.1) is 12.8 Å². The fraction of sp³-hybridized carbons (Fsp3) is 0.318. The van der Waals surface area contributed by atoms with Gasteiger partial charge in [-0.2, -0.15) is 0 Å². The predicted molar refractivity (Wildman–Crippen MR) is 115 cm³/mol. The second-order valence-electron chi connectivity index (χ2n) is 7.52. The average Bonchev–Trinajstić information content (AvgIpc) is 3.26. The molecule has 0 spiro atoms. The van der Waals surface area contributed by atoms with Gasteiger partial charge in [-0.25, -0.2) is 19.9 Å². The standard InChI is InChI=1S/C22H25N7O/c1-16-4-2-6-20(27-16)28-21-11-19(25-15-26-21)10-17-5-3-9-29(13-17)22(30)8-7-18-12-23-14-24-18/h2,4,6-8,11-12,14-15,17H,3,5,9-10,13H2,1H3,(H,23,24)(H,25,26,27,28)/b8-7+/t17-/m1/s1. The van der Waals surface area contributed by atoms with Gasteiger partial charge in [-0.1, -0.05) is 6.07 Å². The number of carbonyl (C=O) groups is 1. The van der Waals surface area contributed by atoms with Crippen molar-refractivity contribution in [2.45, 2.75) is 26.2 Å². The van der Waals surface area contributed by atoms with E-state index in [9.17, 15) is 4.79 Å². The molecule has 2 N–H and O–H groups in total. The smallest absolute Gasteiger partial charge is 0.246 e. The largest absolute Gasteiger partial charge is 0.345 e. The van der Waals surface area contributed by atoms with E-state index in [1.54, 1.807) is 31.0 Å². The van der Waals surface area contributed by atoms with E-state index in [-0.39, 0.29) is 5.91 Å². The number of hydrogen-bond donors (Lipinski definition) is 2. The van der Waals surface area contributed by atoms with Crippen LogP contribution in [0.15, 0.2) is 49.2 Å². The van der Waals surface area contributed by atoms with E-state index in [2.05, 4.69) is 30.2 Å². The third-order valence-corrected chi connectivity index (χ3v) is 5.12. The zero-order valence-corrected chi connectivity index (χ0v) is 17.0. The molecule has 1 aliphatic heterocycles. The molecule has 0 aliphatic carbocycles. The maximum atomic E-state index is 12.5. The summed E-state index contributed by atoms with van der Waals surface area (Å²) < 4.78 is 0. The van der Waals surface area contributed by atoms with Crippen molar-refractivity contribution in [1.29, 1.82) is 0 Å². The molecule has 0 saturated carbocycles. The van der Waals surface area contributed by atoms with E-state index >= 15 is 0 Å². The number of nitrogens with zero attached hydrogens (tertiary/aromatic N) is 5. The van der Waals surface area contributed by atoms with Gasteiger partial charge in [0.15, 0.2) is 0 Å². The lowest BCUT2D eigenvalue weighted by Gasteiger charge is -2.32. The zero-order valence-electron chi connectivity index (χ0n) is 17.0. The normalized spacial score (nSPS) is 16.7. The topological polar surface area (TPSA) is 99.7 Å². The number of likely N-dealkylation sites (tertiary alicyclic amines) is 1. The number of carbonyl (C=O) groups excluding carboxylic acids is 1. The molecule has 1 atom stereocenters. The Hall–Kier alpha value is -3.55. The second kappa shape index (κ2) is 9.30. The van der Waals surface area contributed by atoms with Crippen molar-refractivity contribution < 1.29 is 4.79 Å². The average molecular weight is 403 g/mol. The summed E-state index contributed by atoms with van der Waals surface area (Å²) in [4.78, 5) is 34.6. The number of aromatic amines is 1. The number of amides is 1. The van der Waals surface area contributed by atoms with Gasteiger partial charge in [0.05, 0.1) is 18.2 Å². The number of aryl methyl sites for hydroxylation is 1. The SMILES string of the molecule is Cc1cccc(Nc2cc(C[C@H]3CCCN(C(=O)/C=C/c4cnc[nH]4)C3)ncn2)n1. The van der Waals surface area contributed by atoms with E-state index in [1.165, 1.54) is 0 Å². The van der Waals surface area contributed by atoms with Crippen LogP contribution in [0.2, 0.25) is 0 Å². The van der Waals surface area contributed by atoms with Crippen LogP contribution < -0.4 is 5.32 Å². The first-order chi connectivity index (χ1) is 14.7. The number of pyridine rings is 1. The van der Waals surface area contributed by atoms with Gasteiger partial charge in [-0.3, -0.25) is 4.79 Å². The van der Waals surface area contributed by atoms with Crippen molar-refractivity contribution >= 4 is 23.6 Å². The van der Waals surface area contributed by atoms with Crippen LogP contribution in [0.1, 0.15) is 29.9 Å². The maximum Gasteiger partial charge on any atom is 0.246 e. The summed E-state index contributed by atoms with van der Waals surface area (Å²) in [6.07, 6.45) is 11.1. The Morgan fingerprint density at radius 3 is 3.10 bits per heavy atom. The maximum absolute atomic E-state index is 12.5. The molecule has 30 heavy (non-hydrogen) atoms. The molecule has 4 rings (SSSR count). The molecule has 3 aromatic heterocycles. The molecule has 0 unspecified atom stereocenters. The predicted octanol–water partition coefficient (Wildman–Crippen LogP) is 3.14. The Balaban J connectivity index is 1.36. The lowest BCUT2D eigenvalue weighted by atomic mass is 9.93. The molecule has 8 nitrogen and oxygen atoms in total. The van der Waals surface area contributed by atoms with Gasteiger partial charge in [-0.05, 0) is 50.3 Å². The Kier molecular flexibility index (Phi) is 6.12. The van der Waals surface area contributed by atoms with E-state index in [4.69, 9.17) is 0 Å². The highest BCUT2D eigenvalue weighted by molar-refractivity contribution is 5.91. The molecule has 154 valence electrons. The minimum atomic E-state index is 0.0323. The molecule has 4 heterocycles. The van der Waals surface area contributed by atoms with Crippen LogP contribution in [0.25, 0.3) is 6.08 Å². The van der Waals surface area contributed by atoms with E-state index in [1.807, 2.05) is 36.1 Å². The van der Waals surface area contributed by atoms with Crippen LogP contribution in [-0.4, -0.2) is 48.8 Å². The summed E-state index contributed by atoms with van der Waals surface area (Å²) in [6, 6.07) is 7.79. The van der Waals surface area contributed by atoms with Crippen molar-refractivity contribution in [3.8, 4) is 0 Å². The highest BCUT2D eigenvalue weighted by Crippen LogP contribution is 2.22. The highest BCUT2D eigenvalue weighted by Gasteiger charge is 2.23. The molecule has 8 heteroatoms. The monoisotopic (exact) mass is 403 g/mol. The van der Waals surface area contributed by atoms with Crippen LogP contribution in [0.4, 0.5) is 11.6 Å². The summed E-state index contributed by atoms with van der Waals surface area (Å²) in [5.41, 5.74) is 2.73. The van der Waals surface area contributed by atoms with E-state index in [0.29, 0.717) is 5.92 Å². The number of imidazole rings is 1. The van der Waals surface area contributed by atoms with Crippen molar-refractivity contribution in [2.75, 3.05) is 18.4 Å². The molecule has 1 fully saturated rings. The molecular formula is C22H25N7O. The number of piperidine rings is 1. The summed E-state index contributed by atoms with van der Waals surface area (Å²) in [5, 5.41) is 3.24. The lowest BCUT2D eigenvalue weighted by Crippen LogP contribution is -2.39. The van der Waals surface area contributed by atoms with Gasteiger partial charge in [0, 0.05) is 36.6 Å². The molecule has 1 saturated heterocycles. The van der Waals surface area contributed by atoms with E-state index < -0.39 is 0 Å². The minimum absolute atomic E-state index is 0.0323. The Morgan fingerprint density at radius 2 is 2.27 bits per heavy atom. The highest BCUT2D eigenvalue weighted by atomic mass is 16.2. The second-order valence-corrected chi connectivity index (χ2v) is 7.52. The summed E-state index contributed by atoms with van der Waals surface area (Å²) >= 11 is 0. The van der Waals surface area contributed by atoms with Crippen LogP contribution in [0.5, 0.6) is 0 Å². The molecule has 0 radical (unpaired) electrons. The van der Waals surface area contributed by atoms with Crippen LogP contribution in [-0.2, 0) is 11.2 Å². The Morgan fingerprint density at radius 1 is 1.33 bits per heavy atom. The molecule has 0 bridgehead atoms. The summed E-state index contributed by atoms with van der Waals surface area (Å²) in [7, 11) is 0. The minimum Gasteiger partial charge on any atom is -0.345 e. The first-order valence-electron chi connectivity index (χ1n) is 10.1. The van der Waals surface area contributed by atoms with Gasteiger partial charge in [0.2, 0.25) is 5.91 Å². The third kappa shape index (κ3) is 5.28. The fourth-order valence-electron chi connectivity index (χ4n) is 3.67. The van der Waals surface area contributed by atoms with Crippen molar-refractivity contribution in [2.24, 2.45) is 5.92 Å². The first kappa shape index (κ1) is 19.8. The van der Waals surface area contributed by atoms with Gasteiger partial charge in [-0.15, -0.1) is 0 Å². The lowest BCUT2D eigenvalue weighted by molar-refractivity contribution is -0.127. The molecule has 1 aliphatic rings. The van der Waals surface area contributed by atoms with Crippen LogP contribution in [0.3, 0.4) is 0 Å². The molecule has 0 aromatic carbocycles. The summed E-state index contributed by atoms with van der Waals surface area (Å²) in [5.74, 6) is 1.90. The molecule has 3 aromatic rings. The first-order valence-corrected chi connectivity index (χ1v) is 10.1. The number of nitrogens with one attached hydrogen (secondary N) is 2. The van der Waals surface area contributed by atoms with Crippen molar-refractivity contribution in [3.05, 3.63) is 66.3 Å².